The Bertz CT molecular complexity index is 847. The van der Waals surface area contributed by atoms with Gasteiger partial charge in [0.2, 0.25) is 0 Å². The molecule has 0 saturated carbocycles. The van der Waals surface area contributed by atoms with Crippen molar-refractivity contribution in [3.63, 3.8) is 0 Å². The van der Waals surface area contributed by atoms with E-state index < -0.39 is 0 Å². The number of aromatic nitrogens is 1. The van der Waals surface area contributed by atoms with Gasteiger partial charge in [-0.25, -0.2) is 0 Å². The Kier molecular flexibility index (Phi) is 4.20. The quantitative estimate of drug-likeness (QED) is 0.782. The van der Waals surface area contributed by atoms with Crippen LogP contribution in [0.1, 0.15) is 27.2 Å². The zero-order valence-electron chi connectivity index (χ0n) is 13.9. The van der Waals surface area contributed by atoms with E-state index in [0.717, 1.165) is 17.4 Å². The number of rotatable bonds is 4. The van der Waals surface area contributed by atoms with Crippen LogP contribution in [0.3, 0.4) is 0 Å². The SMILES string of the molecule is Cc1c(C)n(C)c2ccc(C(=O)NCCc3ccccc3)cc12. The first-order valence-corrected chi connectivity index (χ1v) is 7.95. The van der Waals surface area contributed by atoms with Crippen LogP contribution in [0, 0.1) is 13.8 Å². The standard InChI is InChI=1S/C20H22N2O/c1-14-15(2)22(3)19-10-9-17(13-18(14)19)20(23)21-12-11-16-7-5-4-6-8-16/h4-10,13H,11-12H2,1-3H3,(H,21,23). The van der Waals surface area contributed by atoms with Gasteiger partial charge in [-0.15, -0.1) is 0 Å². The molecule has 3 rings (SSSR count). The summed E-state index contributed by atoms with van der Waals surface area (Å²) in [4.78, 5) is 12.4. The van der Waals surface area contributed by atoms with E-state index >= 15 is 0 Å². The fourth-order valence-electron chi connectivity index (χ4n) is 2.96. The molecule has 0 saturated heterocycles. The van der Waals surface area contributed by atoms with E-state index in [1.54, 1.807) is 0 Å². The molecule has 1 N–H and O–H groups in total. The summed E-state index contributed by atoms with van der Waals surface area (Å²) in [6, 6.07) is 16.1. The van der Waals surface area contributed by atoms with Gasteiger partial charge in [0.1, 0.15) is 0 Å². The Morgan fingerprint density at radius 1 is 1.09 bits per heavy atom. The van der Waals surface area contributed by atoms with Crippen molar-refractivity contribution < 1.29 is 4.79 Å². The molecule has 2 aromatic carbocycles. The number of benzene rings is 2. The molecule has 118 valence electrons. The highest BCUT2D eigenvalue weighted by Gasteiger charge is 2.11. The number of carbonyl (C=O) groups excluding carboxylic acids is 1. The smallest absolute Gasteiger partial charge is 0.251 e. The van der Waals surface area contributed by atoms with Gasteiger partial charge in [-0.3, -0.25) is 4.79 Å². The maximum absolute atomic E-state index is 12.4. The lowest BCUT2D eigenvalue weighted by Crippen LogP contribution is -2.25. The Morgan fingerprint density at radius 3 is 2.57 bits per heavy atom. The maximum Gasteiger partial charge on any atom is 0.251 e. The molecular weight excluding hydrogens is 284 g/mol. The van der Waals surface area contributed by atoms with Gasteiger partial charge in [0, 0.05) is 35.8 Å². The normalized spacial score (nSPS) is 10.9. The monoisotopic (exact) mass is 306 g/mol. The van der Waals surface area contributed by atoms with Gasteiger partial charge in [0.15, 0.2) is 0 Å². The summed E-state index contributed by atoms with van der Waals surface area (Å²) in [5.74, 6) is -0.0104. The predicted molar refractivity (Wildman–Crippen MR) is 94.9 cm³/mol. The molecule has 0 atom stereocenters. The minimum absolute atomic E-state index is 0.0104. The lowest BCUT2D eigenvalue weighted by molar-refractivity contribution is 0.0954. The van der Waals surface area contributed by atoms with Crippen LogP contribution in [0.5, 0.6) is 0 Å². The van der Waals surface area contributed by atoms with Crippen LogP contribution in [0.25, 0.3) is 10.9 Å². The zero-order valence-corrected chi connectivity index (χ0v) is 13.9. The molecule has 0 bridgehead atoms. The third-order valence-corrected chi connectivity index (χ3v) is 4.61. The number of fused-ring (bicyclic) bond motifs is 1. The first kappa shape index (κ1) is 15.3. The van der Waals surface area contributed by atoms with Crippen molar-refractivity contribution in [3.8, 4) is 0 Å². The van der Waals surface area contributed by atoms with Gasteiger partial charge in [0.05, 0.1) is 0 Å². The number of nitrogens with one attached hydrogen (secondary N) is 1. The summed E-state index contributed by atoms with van der Waals surface area (Å²) in [5, 5.41) is 4.16. The number of nitrogens with zero attached hydrogens (tertiary/aromatic N) is 1. The fraction of sp³-hybridized carbons (Fsp3) is 0.250. The lowest BCUT2D eigenvalue weighted by atomic mass is 10.1. The van der Waals surface area contributed by atoms with Crippen molar-refractivity contribution in [2.75, 3.05) is 6.54 Å². The van der Waals surface area contributed by atoms with Crippen molar-refractivity contribution in [2.45, 2.75) is 20.3 Å². The van der Waals surface area contributed by atoms with E-state index in [1.807, 2.05) is 36.4 Å². The average molecular weight is 306 g/mol. The highest BCUT2D eigenvalue weighted by molar-refractivity contribution is 5.99. The molecular formula is C20H22N2O. The van der Waals surface area contributed by atoms with E-state index in [1.165, 1.54) is 22.3 Å². The predicted octanol–water partition coefficient (Wildman–Crippen LogP) is 3.77. The molecule has 1 heterocycles. The second kappa shape index (κ2) is 6.29. The number of hydrogen-bond acceptors (Lipinski definition) is 1. The minimum atomic E-state index is -0.0104. The first-order valence-electron chi connectivity index (χ1n) is 7.95. The van der Waals surface area contributed by atoms with E-state index in [2.05, 4.69) is 42.9 Å². The molecule has 3 aromatic rings. The van der Waals surface area contributed by atoms with Crippen LogP contribution >= 0.6 is 0 Å². The molecule has 0 aliphatic heterocycles. The number of amides is 1. The molecule has 0 aliphatic carbocycles. The van der Waals surface area contributed by atoms with Crippen LogP contribution in [0.2, 0.25) is 0 Å². The van der Waals surface area contributed by atoms with Crippen molar-refractivity contribution in [1.82, 2.24) is 9.88 Å². The number of carbonyl (C=O) groups is 1. The van der Waals surface area contributed by atoms with Crippen molar-refractivity contribution >= 4 is 16.8 Å². The van der Waals surface area contributed by atoms with Gasteiger partial charge in [0.25, 0.3) is 5.91 Å². The summed E-state index contributed by atoms with van der Waals surface area (Å²) < 4.78 is 2.17. The van der Waals surface area contributed by atoms with Crippen molar-refractivity contribution in [3.05, 3.63) is 70.9 Å². The van der Waals surface area contributed by atoms with Gasteiger partial charge in [-0.05, 0) is 49.6 Å². The topological polar surface area (TPSA) is 34.0 Å². The van der Waals surface area contributed by atoms with Crippen LogP contribution in [0.4, 0.5) is 0 Å². The Balaban J connectivity index is 1.72. The number of aryl methyl sites for hydroxylation is 2. The Morgan fingerprint density at radius 2 is 1.83 bits per heavy atom. The zero-order chi connectivity index (χ0) is 16.4. The maximum atomic E-state index is 12.4. The third kappa shape index (κ3) is 3.00. The largest absolute Gasteiger partial charge is 0.352 e. The molecule has 0 spiro atoms. The van der Waals surface area contributed by atoms with E-state index in [9.17, 15) is 4.79 Å². The molecule has 0 fully saturated rings. The summed E-state index contributed by atoms with van der Waals surface area (Å²) >= 11 is 0. The Hall–Kier alpha value is -2.55. The van der Waals surface area contributed by atoms with Crippen molar-refractivity contribution in [2.24, 2.45) is 7.05 Å². The van der Waals surface area contributed by atoms with Crippen LogP contribution in [-0.2, 0) is 13.5 Å². The van der Waals surface area contributed by atoms with Crippen molar-refractivity contribution in [1.29, 1.82) is 0 Å². The highest BCUT2D eigenvalue weighted by atomic mass is 16.1. The Labute approximate surface area is 136 Å². The number of hydrogen-bond donors (Lipinski definition) is 1. The lowest BCUT2D eigenvalue weighted by Gasteiger charge is -2.06. The first-order chi connectivity index (χ1) is 11.1. The second-order valence-corrected chi connectivity index (χ2v) is 5.99. The summed E-state index contributed by atoms with van der Waals surface area (Å²) in [6.45, 7) is 4.86. The molecule has 0 aliphatic rings. The second-order valence-electron chi connectivity index (χ2n) is 5.99. The van der Waals surface area contributed by atoms with Crippen LogP contribution in [-0.4, -0.2) is 17.0 Å². The third-order valence-electron chi connectivity index (χ3n) is 4.61. The summed E-state index contributed by atoms with van der Waals surface area (Å²) in [7, 11) is 2.06. The van der Waals surface area contributed by atoms with Crippen LogP contribution < -0.4 is 5.32 Å². The molecule has 0 unspecified atom stereocenters. The van der Waals surface area contributed by atoms with Gasteiger partial charge >= 0.3 is 0 Å². The van der Waals surface area contributed by atoms with E-state index in [0.29, 0.717) is 6.54 Å². The molecule has 1 aromatic heterocycles. The van der Waals surface area contributed by atoms with Gasteiger partial charge < -0.3 is 9.88 Å². The molecule has 0 radical (unpaired) electrons. The fourth-order valence-corrected chi connectivity index (χ4v) is 2.96. The van der Waals surface area contributed by atoms with E-state index in [-0.39, 0.29) is 5.91 Å². The van der Waals surface area contributed by atoms with Gasteiger partial charge in [-0.1, -0.05) is 30.3 Å². The van der Waals surface area contributed by atoms with E-state index in [4.69, 9.17) is 0 Å². The molecule has 23 heavy (non-hydrogen) atoms. The molecule has 3 heteroatoms. The summed E-state index contributed by atoms with van der Waals surface area (Å²) in [5.41, 5.74) is 5.60. The summed E-state index contributed by atoms with van der Waals surface area (Å²) in [6.07, 6.45) is 0.846. The highest BCUT2D eigenvalue weighted by Crippen LogP contribution is 2.25. The average Bonchev–Trinajstić information content (AvgIpc) is 2.80. The van der Waals surface area contributed by atoms with Gasteiger partial charge in [-0.2, -0.15) is 0 Å². The minimum Gasteiger partial charge on any atom is -0.352 e. The van der Waals surface area contributed by atoms with Crippen LogP contribution in [0.15, 0.2) is 48.5 Å². The molecule has 3 nitrogen and oxygen atoms in total. The molecule has 1 amide bonds.